The maximum absolute atomic E-state index is 14.3. The molecule has 0 heterocycles. The second-order valence-corrected chi connectivity index (χ2v) is 8.53. The van der Waals surface area contributed by atoms with Crippen LogP contribution in [0.25, 0.3) is 0 Å². The van der Waals surface area contributed by atoms with Crippen LogP contribution in [0, 0.1) is 17.6 Å². The lowest BCUT2D eigenvalue weighted by Crippen LogP contribution is -2.41. The Morgan fingerprint density at radius 2 is 1.75 bits per heavy atom. The number of benzene rings is 2. The summed E-state index contributed by atoms with van der Waals surface area (Å²) in [7, 11) is -4.15. The third-order valence-corrected chi connectivity index (χ3v) is 7.24. The molecule has 1 N–H and O–H groups in total. The molecule has 0 fully saturated rings. The molecule has 2 aromatic carbocycles. The molecule has 0 amide bonds. The first kappa shape index (κ1) is 18.8. The fourth-order valence-electron chi connectivity index (χ4n) is 2.59. The van der Waals surface area contributed by atoms with Crippen molar-refractivity contribution in [2.24, 2.45) is 5.92 Å². The normalized spacial score (nSPS) is 15.8. The molecule has 3 nitrogen and oxygen atoms in total. The van der Waals surface area contributed by atoms with Crippen LogP contribution in [0.3, 0.4) is 0 Å². The van der Waals surface area contributed by atoms with E-state index in [1.165, 1.54) is 38.1 Å². The van der Waals surface area contributed by atoms with Crippen molar-refractivity contribution in [1.82, 2.24) is 0 Å². The quantitative estimate of drug-likeness (QED) is 0.862. The van der Waals surface area contributed by atoms with E-state index in [9.17, 15) is 22.3 Å². The highest BCUT2D eigenvalue weighted by Crippen LogP contribution is 2.43. The van der Waals surface area contributed by atoms with E-state index in [-0.39, 0.29) is 10.5 Å². The summed E-state index contributed by atoms with van der Waals surface area (Å²) in [6.07, 6.45) is 0. The van der Waals surface area contributed by atoms with Crippen LogP contribution in [0.15, 0.2) is 47.4 Å². The van der Waals surface area contributed by atoms with Crippen molar-refractivity contribution in [2.75, 3.05) is 6.61 Å². The number of halogens is 3. The summed E-state index contributed by atoms with van der Waals surface area (Å²) in [6, 6.07) is 8.06. The fraction of sp³-hybridized carbons (Fsp3) is 0.294. The van der Waals surface area contributed by atoms with Crippen LogP contribution in [0.4, 0.5) is 8.78 Å². The first-order valence-corrected chi connectivity index (χ1v) is 9.07. The molecule has 2 rings (SSSR count). The zero-order valence-electron chi connectivity index (χ0n) is 13.1. The van der Waals surface area contributed by atoms with E-state index in [1.54, 1.807) is 0 Å². The van der Waals surface area contributed by atoms with Crippen LogP contribution in [0.1, 0.15) is 19.4 Å². The summed E-state index contributed by atoms with van der Waals surface area (Å²) < 4.78 is 52.5. The van der Waals surface area contributed by atoms with Crippen LogP contribution in [-0.2, 0) is 14.6 Å². The van der Waals surface area contributed by atoms with Gasteiger partial charge in [0, 0.05) is 23.1 Å². The Bertz CT molecular complexity index is 837. The maximum Gasteiger partial charge on any atom is 0.188 e. The smallest absolute Gasteiger partial charge is 0.188 e. The Morgan fingerprint density at radius 1 is 1.17 bits per heavy atom. The molecule has 0 bridgehead atoms. The van der Waals surface area contributed by atoms with Gasteiger partial charge in [0.15, 0.2) is 9.84 Å². The van der Waals surface area contributed by atoms with Crippen molar-refractivity contribution in [1.29, 1.82) is 0 Å². The lowest BCUT2D eigenvalue weighted by molar-refractivity contribution is 0.203. The van der Waals surface area contributed by atoms with Crippen molar-refractivity contribution in [3.05, 3.63) is 64.7 Å². The van der Waals surface area contributed by atoms with E-state index in [4.69, 9.17) is 11.6 Å². The van der Waals surface area contributed by atoms with Gasteiger partial charge in [0.1, 0.15) is 16.4 Å². The standard InChI is InChI=1S/C17H17ClF2O3S/c1-11(10-21)17(2,15-9-13(19)5-8-16(15)20)24(22,23)14-6-3-12(18)4-7-14/h3-9,11,21H,10H2,1-2H3/t11-,17?/m1/s1. The Balaban J connectivity index is 2.77. The molecule has 2 atom stereocenters. The van der Waals surface area contributed by atoms with Crippen LogP contribution in [-0.4, -0.2) is 20.1 Å². The Hall–Kier alpha value is -1.50. The summed E-state index contributed by atoms with van der Waals surface area (Å²) in [5, 5.41) is 9.89. The summed E-state index contributed by atoms with van der Waals surface area (Å²) >= 11 is 5.78. The van der Waals surface area contributed by atoms with Crippen molar-refractivity contribution < 1.29 is 22.3 Å². The van der Waals surface area contributed by atoms with Crippen LogP contribution >= 0.6 is 11.6 Å². The summed E-state index contributed by atoms with van der Waals surface area (Å²) in [5.74, 6) is -2.49. The zero-order valence-corrected chi connectivity index (χ0v) is 14.7. The molecule has 24 heavy (non-hydrogen) atoms. The molecule has 0 aliphatic carbocycles. The summed E-state index contributed by atoms with van der Waals surface area (Å²) in [6.45, 7) is 2.24. The minimum atomic E-state index is -4.15. The number of rotatable bonds is 5. The van der Waals surface area contributed by atoms with Crippen LogP contribution in [0.5, 0.6) is 0 Å². The predicted molar refractivity (Wildman–Crippen MR) is 88.6 cm³/mol. The molecule has 7 heteroatoms. The van der Waals surface area contributed by atoms with Gasteiger partial charge in [-0.2, -0.15) is 0 Å². The molecule has 0 radical (unpaired) electrons. The van der Waals surface area contributed by atoms with Gasteiger partial charge >= 0.3 is 0 Å². The third-order valence-electron chi connectivity index (χ3n) is 4.36. The monoisotopic (exact) mass is 374 g/mol. The van der Waals surface area contributed by atoms with E-state index >= 15 is 0 Å². The number of hydrogen-bond donors (Lipinski definition) is 1. The van der Waals surface area contributed by atoms with Crippen molar-refractivity contribution in [3.63, 3.8) is 0 Å². The van der Waals surface area contributed by atoms with Crippen LogP contribution < -0.4 is 0 Å². The highest BCUT2D eigenvalue weighted by molar-refractivity contribution is 7.92. The highest BCUT2D eigenvalue weighted by atomic mass is 35.5. The van der Waals surface area contributed by atoms with Gasteiger partial charge in [-0.25, -0.2) is 17.2 Å². The predicted octanol–water partition coefficient (Wildman–Crippen LogP) is 3.94. The third kappa shape index (κ3) is 3.06. The van der Waals surface area contributed by atoms with Crippen LogP contribution in [0.2, 0.25) is 5.02 Å². The Labute approximate surface area is 144 Å². The van der Waals surface area contributed by atoms with Gasteiger partial charge in [-0.05, 0) is 49.4 Å². The molecule has 0 spiro atoms. The van der Waals surface area contributed by atoms with Gasteiger partial charge in [-0.3, -0.25) is 0 Å². The molecule has 130 valence electrons. The average molecular weight is 375 g/mol. The average Bonchev–Trinajstić information content (AvgIpc) is 2.55. The molecular weight excluding hydrogens is 358 g/mol. The van der Waals surface area contributed by atoms with Gasteiger partial charge in [-0.1, -0.05) is 18.5 Å². The lowest BCUT2D eigenvalue weighted by Gasteiger charge is -2.35. The van der Waals surface area contributed by atoms with Crippen molar-refractivity contribution in [2.45, 2.75) is 23.5 Å². The zero-order chi connectivity index (χ0) is 18.1. The van der Waals surface area contributed by atoms with Crippen molar-refractivity contribution >= 4 is 21.4 Å². The maximum atomic E-state index is 14.3. The molecular formula is C17H17ClF2O3S. The first-order chi connectivity index (χ1) is 11.1. The first-order valence-electron chi connectivity index (χ1n) is 7.21. The topological polar surface area (TPSA) is 54.4 Å². The van der Waals surface area contributed by atoms with Crippen molar-refractivity contribution in [3.8, 4) is 0 Å². The number of sulfone groups is 1. The van der Waals surface area contributed by atoms with Gasteiger partial charge in [-0.15, -0.1) is 0 Å². The van der Waals surface area contributed by atoms with E-state index < -0.39 is 38.7 Å². The number of aliphatic hydroxyl groups is 1. The molecule has 2 aromatic rings. The van der Waals surface area contributed by atoms with E-state index in [0.717, 1.165) is 18.2 Å². The van der Waals surface area contributed by atoms with Gasteiger partial charge in [0.05, 0.1) is 4.90 Å². The van der Waals surface area contributed by atoms with Gasteiger partial charge < -0.3 is 5.11 Å². The number of hydrogen-bond acceptors (Lipinski definition) is 3. The fourth-order valence-corrected chi connectivity index (χ4v) is 4.75. The molecule has 0 saturated carbocycles. The van der Waals surface area contributed by atoms with Gasteiger partial charge in [0.2, 0.25) is 0 Å². The summed E-state index contributed by atoms with van der Waals surface area (Å²) in [5.41, 5.74) is -0.320. The Kier molecular flexibility index (Phi) is 5.32. The SMILES string of the molecule is C[C@H](CO)C(C)(c1cc(F)ccc1F)S(=O)(=O)c1ccc(Cl)cc1. The molecule has 0 aliphatic heterocycles. The lowest BCUT2D eigenvalue weighted by atomic mass is 9.88. The van der Waals surface area contributed by atoms with Gasteiger partial charge in [0.25, 0.3) is 0 Å². The molecule has 0 saturated heterocycles. The van der Waals surface area contributed by atoms with E-state index in [2.05, 4.69) is 0 Å². The Morgan fingerprint density at radius 3 is 2.29 bits per heavy atom. The number of aliphatic hydroxyl groups excluding tert-OH is 1. The second-order valence-electron chi connectivity index (χ2n) is 5.77. The van der Waals surface area contributed by atoms with E-state index in [0.29, 0.717) is 5.02 Å². The second kappa shape index (κ2) is 6.78. The molecule has 0 aliphatic rings. The molecule has 0 aromatic heterocycles. The summed E-state index contributed by atoms with van der Waals surface area (Å²) in [4.78, 5) is -0.0849. The minimum absolute atomic E-state index is 0.0849. The minimum Gasteiger partial charge on any atom is -0.396 e. The van der Waals surface area contributed by atoms with E-state index in [1.807, 2.05) is 0 Å². The largest absolute Gasteiger partial charge is 0.396 e. The molecule has 1 unspecified atom stereocenters. The highest BCUT2D eigenvalue weighted by Gasteiger charge is 2.48.